The number of carbonyl (C=O) groups is 2. The Kier molecular flexibility index (Phi) is 5.86. The average Bonchev–Trinajstić information content (AvgIpc) is 3.28. The van der Waals surface area contributed by atoms with Crippen molar-refractivity contribution in [1.29, 1.82) is 0 Å². The van der Waals surface area contributed by atoms with Gasteiger partial charge in [0.15, 0.2) is 23.0 Å². The summed E-state index contributed by atoms with van der Waals surface area (Å²) in [7, 11) is 3.13. The van der Waals surface area contributed by atoms with Crippen molar-refractivity contribution in [3.63, 3.8) is 0 Å². The maximum absolute atomic E-state index is 13.3. The van der Waals surface area contributed by atoms with Crippen molar-refractivity contribution < 1.29 is 28.5 Å². The molecule has 0 aromatic heterocycles. The van der Waals surface area contributed by atoms with Gasteiger partial charge in [-0.05, 0) is 37.1 Å². The molecule has 0 aliphatic carbocycles. The number of amides is 2. The lowest BCUT2D eigenvalue weighted by Gasteiger charge is -2.51. The quantitative estimate of drug-likeness (QED) is 0.635. The topological polar surface area (TPSA) is 86.3 Å². The van der Waals surface area contributed by atoms with Crippen molar-refractivity contribution in [3.8, 4) is 23.0 Å². The number of rotatable bonds is 8. The van der Waals surface area contributed by atoms with Crippen LogP contribution in [0.5, 0.6) is 23.0 Å². The molecular formula is C24H28N2O6. The minimum atomic E-state index is -0.998. The highest BCUT2D eigenvalue weighted by molar-refractivity contribution is 5.94. The summed E-state index contributed by atoms with van der Waals surface area (Å²) in [4.78, 5) is 27.7. The Morgan fingerprint density at radius 2 is 1.97 bits per heavy atom. The number of hydrogen-bond acceptors (Lipinski definition) is 6. The third-order valence-corrected chi connectivity index (χ3v) is 6.36. The zero-order chi connectivity index (χ0) is 22.9. The van der Waals surface area contributed by atoms with Gasteiger partial charge in [-0.3, -0.25) is 9.59 Å². The molecule has 170 valence electrons. The van der Waals surface area contributed by atoms with Crippen LogP contribution in [0.25, 0.3) is 0 Å². The molecule has 8 nitrogen and oxygen atoms in total. The summed E-state index contributed by atoms with van der Waals surface area (Å²) >= 11 is 0. The number of likely N-dealkylation sites (tertiary alicyclic amines) is 1. The number of nitrogens with zero attached hydrogens (tertiary/aromatic N) is 1. The van der Waals surface area contributed by atoms with Crippen molar-refractivity contribution in [2.24, 2.45) is 0 Å². The van der Waals surface area contributed by atoms with Crippen LogP contribution in [-0.2, 0) is 16.1 Å². The van der Waals surface area contributed by atoms with Gasteiger partial charge in [0.1, 0.15) is 5.54 Å². The summed E-state index contributed by atoms with van der Waals surface area (Å²) < 4.78 is 21.7. The van der Waals surface area contributed by atoms with E-state index in [2.05, 4.69) is 5.32 Å². The zero-order valence-electron chi connectivity index (χ0n) is 18.8. The SMILES string of the molecule is CCC(C)(C(=O)NCc1cccc(OC)c1OC)N1C(=O)CC1c1ccc2c(c1)OCO2. The van der Waals surface area contributed by atoms with Crippen LogP contribution in [0.2, 0.25) is 0 Å². The van der Waals surface area contributed by atoms with Gasteiger partial charge in [0, 0.05) is 12.1 Å². The maximum Gasteiger partial charge on any atom is 0.245 e. The number of methoxy groups -OCH3 is 2. The van der Waals surface area contributed by atoms with Crippen LogP contribution in [0.1, 0.15) is 43.9 Å². The van der Waals surface area contributed by atoms with Crippen molar-refractivity contribution in [2.45, 2.75) is 44.8 Å². The van der Waals surface area contributed by atoms with Crippen molar-refractivity contribution in [2.75, 3.05) is 21.0 Å². The van der Waals surface area contributed by atoms with Crippen molar-refractivity contribution in [3.05, 3.63) is 47.5 Å². The van der Waals surface area contributed by atoms with Crippen LogP contribution >= 0.6 is 0 Å². The summed E-state index contributed by atoms with van der Waals surface area (Å²) in [5, 5.41) is 2.99. The van der Waals surface area contributed by atoms with Crippen LogP contribution < -0.4 is 24.3 Å². The van der Waals surface area contributed by atoms with E-state index >= 15 is 0 Å². The highest BCUT2D eigenvalue weighted by Gasteiger charge is 2.51. The molecule has 0 saturated carbocycles. The van der Waals surface area contributed by atoms with E-state index in [0.717, 1.165) is 11.1 Å². The summed E-state index contributed by atoms with van der Waals surface area (Å²) in [5.41, 5.74) is 0.722. The van der Waals surface area contributed by atoms with E-state index in [0.29, 0.717) is 35.8 Å². The highest BCUT2D eigenvalue weighted by Crippen LogP contribution is 2.44. The average molecular weight is 440 g/mol. The minimum absolute atomic E-state index is 0.0499. The molecule has 2 aromatic rings. The fourth-order valence-corrected chi connectivity index (χ4v) is 4.32. The number of carbonyl (C=O) groups excluding carboxylic acids is 2. The monoisotopic (exact) mass is 440 g/mol. The highest BCUT2D eigenvalue weighted by atomic mass is 16.7. The smallest absolute Gasteiger partial charge is 0.245 e. The molecule has 2 heterocycles. The van der Waals surface area contributed by atoms with Crippen molar-refractivity contribution in [1.82, 2.24) is 10.2 Å². The van der Waals surface area contributed by atoms with Crippen molar-refractivity contribution >= 4 is 11.8 Å². The zero-order valence-corrected chi connectivity index (χ0v) is 18.8. The van der Waals surface area contributed by atoms with Crippen LogP contribution in [0.4, 0.5) is 0 Å². The van der Waals surface area contributed by atoms with E-state index in [1.54, 1.807) is 25.2 Å². The molecule has 2 aliphatic rings. The van der Waals surface area contributed by atoms with Gasteiger partial charge in [0.2, 0.25) is 18.6 Å². The molecule has 2 unspecified atom stereocenters. The molecule has 1 saturated heterocycles. The predicted molar refractivity (Wildman–Crippen MR) is 117 cm³/mol. The third kappa shape index (κ3) is 3.59. The Bertz CT molecular complexity index is 1040. The molecule has 32 heavy (non-hydrogen) atoms. The first-order valence-electron chi connectivity index (χ1n) is 10.6. The molecule has 8 heteroatoms. The van der Waals surface area contributed by atoms with Gasteiger partial charge in [-0.25, -0.2) is 0 Å². The Hall–Kier alpha value is -3.42. The summed E-state index contributed by atoms with van der Waals surface area (Å²) in [6.07, 6.45) is 0.826. The number of ether oxygens (including phenoxy) is 4. The van der Waals surface area contributed by atoms with Gasteiger partial charge in [0.05, 0.1) is 26.7 Å². The Labute approximate surface area is 187 Å². The molecule has 4 rings (SSSR count). The number of para-hydroxylation sites is 1. The minimum Gasteiger partial charge on any atom is -0.493 e. The predicted octanol–water partition coefficient (Wildman–Crippen LogP) is 3.19. The standard InChI is InChI=1S/C24H28N2O6/c1-5-24(2,23(28)25-13-16-7-6-8-19(29-3)22(16)30-4)26-17(12-21(26)27)15-9-10-18-20(11-15)32-14-31-18/h6-11,17H,5,12-14H2,1-4H3,(H,25,28). The molecular weight excluding hydrogens is 412 g/mol. The van der Waals surface area contributed by atoms with Gasteiger partial charge in [-0.2, -0.15) is 0 Å². The van der Waals surface area contributed by atoms with E-state index in [1.807, 2.05) is 44.2 Å². The van der Waals surface area contributed by atoms with Crippen LogP contribution in [0.15, 0.2) is 36.4 Å². The van der Waals surface area contributed by atoms with Crippen LogP contribution in [0.3, 0.4) is 0 Å². The summed E-state index contributed by atoms with van der Waals surface area (Å²) in [6, 6.07) is 11.0. The molecule has 0 spiro atoms. The maximum atomic E-state index is 13.3. The molecule has 1 N–H and O–H groups in total. The fraction of sp³-hybridized carbons (Fsp3) is 0.417. The molecule has 0 radical (unpaired) electrons. The van der Waals surface area contributed by atoms with Gasteiger partial charge in [0.25, 0.3) is 0 Å². The fourth-order valence-electron chi connectivity index (χ4n) is 4.32. The first-order valence-corrected chi connectivity index (χ1v) is 10.6. The second-order valence-corrected chi connectivity index (χ2v) is 8.06. The van der Waals surface area contributed by atoms with E-state index in [1.165, 1.54) is 0 Å². The number of fused-ring (bicyclic) bond motifs is 1. The normalized spacial score (nSPS) is 18.6. The van der Waals surface area contributed by atoms with E-state index in [-0.39, 0.29) is 31.2 Å². The largest absolute Gasteiger partial charge is 0.493 e. The van der Waals surface area contributed by atoms with E-state index in [4.69, 9.17) is 18.9 Å². The molecule has 2 atom stereocenters. The lowest BCUT2D eigenvalue weighted by molar-refractivity contribution is -0.164. The van der Waals surface area contributed by atoms with E-state index in [9.17, 15) is 9.59 Å². The summed E-state index contributed by atoms with van der Waals surface area (Å²) in [5.74, 6) is 2.25. The van der Waals surface area contributed by atoms with Gasteiger partial charge in [-0.1, -0.05) is 25.1 Å². The van der Waals surface area contributed by atoms with Crippen LogP contribution in [-0.4, -0.2) is 43.3 Å². The van der Waals surface area contributed by atoms with E-state index < -0.39 is 5.54 Å². The summed E-state index contributed by atoms with van der Waals surface area (Å²) in [6.45, 7) is 4.16. The Balaban J connectivity index is 1.53. The Morgan fingerprint density at radius 1 is 1.19 bits per heavy atom. The molecule has 2 aliphatic heterocycles. The lowest BCUT2D eigenvalue weighted by atomic mass is 9.83. The first-order chi connectivity index (χ1) is 15.4. The number of hydrogen-bond donors (Lipinski definition) is 1. The molecule has 2 aromatic carbocycles. The lowest BCUT2D eigenvalue weighted by Crippen LogP contribution is -2.64. The van der Waals surface area contributed by atoms with Gasteiger partial charge < -0.3 is 29.2 Å². The first kappa shape index (κ1) is 21.8. The van der Waals surface area contributed by atoms with Gasteiger partial charge in [-0.15, -0.1) is 0 Å². The molecule has 2 amide bonds. The number of nitrogens with one attached hydrogen (secondary N) is 1. The molecule has 1 fully saturated rings. The molecule has 0 bridgehead atoms. The Morgan fingerprint density at radius 3 is 2.66 bits per heavy atom. The second kappa shape index (κ2) is 8.61. The second-order valence-electron chi connectivity index (χ2n) is 8.06. The van der Waals surface area contributed by atoms with Crippen LogP contribution in [0, 0.1) is 0 Å². The number of benzene rings is 2. The number of β-lactam (4-membered cyclic amide) rings is 1. The van der Waals surface area contributed by atoms with Gasteiger partial charge >= 0.3 is 0 Å². The third-order valence-electron chi connectivity index (χ3n) is 6.36.